The van der Waals surface area contributed by atoms with Crippen molar-refractivity contribution in [2.24, 2.45) is 0 Å². The fraction of sp³-hybridized carbons (Fsp3) is 0.368. The molecule has 168 valence electrons. The van der Waals surface area contributed by atoms with Crippen LogP contribution in [-0.2, 0) is 30.8 Å². The van der Waals surface area contributed by atoms with Crippen molar-refractivity contribution in [2.75, 3.05) is 25.7 Å². The quantitative estimate of drug-likeness (QED) is 0.462. The van der Waals surface area contributed by atoms with E-state index in [4.69, 9.17) is 9.47 Å². The molecule has 1 aliphatic rings. The zero-order valence-corrected chi connectivity index (χ0v) is 17.3. The molecule has 12 heteroatoms. The van der Waals surface area contributed by atoms with Crippen LogP contribution in [0.1, 0.15) is 11.3 Å². The number of benzene rings is 1. The highest BCUT2D eigenvalue weighted by atomic mass is 32.2. The maximum absolute atomic E-state index is 12.8. The summed E-state index contributed by atoms with van der Waals surface area (Å²) in [7, 11) is -3.12. The number of rotatable bonds is 7. The number of carbonyl (C=O) groups is 1. The number of carbonyl (C=O) groups excluding carboxylic acids is 1. The predicted octanol–water partition coefficient (Wildman–Crippen LogP) is 2.28. The van der Waals surface area contributed by atoms with E-state index in [1.165, 1.54) is 25.2 Å². The van der Waals surface area contributed by atoms with Crippen LogP contribution < -0.4 is 9.08 Å². The van der Waals surface area contributed by atoms with E-state index < -0.39 is 39.5 Å². The Bertz CT molecular complexity index is 1050. The van der Waals surface area contributed by atoms with Crippen LogP contribution in [0.2, 0.25) is 0 Å². The zero-order chi connectivity index (χ0) is 22.8. The van der Waals surface area contributed by atoms with E-state index in [1.54, 1.807) is 30.3 Å². The topological polar surface area (TPSA) is 95.0 Å². The molecule has 2 heterocycles. The van der Waals surface area contributed by atoms with E-state index in [9.17, 15) is 26.4 Å². The van der Waals surface area contributed by atoms with Gasteiger partial charge >= 0.3 is 15.6 Å². The Hall–Kier alpha value is -2.70. The minimum Gasteiger partial charge on any atom is -0.376 e. The van der Waals surface area contributed by atoms with Gasteiger partial charge in [-0.1, -0.05) is 30.3 Å². The molecule has 1 aliphatic heterocycles. The maximum Gasteiger partial charge on any atom is 0.534 e. The second-order valence-electron chi connectivity index (χ2n) is 6.64. The number of halogens is 3. The van der Waals surface area contributed by atoms with Gasteiger partial charge in [0.15, 0.2) is 11.9 Å². The number of aromatic nitrogens is 1. The molecule has 0 aliphatic carbocycles. The van der Waals surface area contributed by atoms with Crippen LogP contribution in [0.4, 0.5) is 19.0 Å². The maximum atomic E-state index is 12.8. The number of methoxy groups -OCH3 is 2. The highest BCUT2D eigenvalue weighted by molar-refractivity contribution is 7.88. The molecule has 2 unspecified atom stereocenters. The summed E-state index contributed by atoms with van der Waals surface area (Å²) in [6.45, 7) is 0.104. The van der Waals surface area contributed by atoms with Gasteiger partial charge in [-0.2, -0.15) is 21.6 Å². The molecule has 0 N–H and O–H groups in total. The molecule has 1 aromatic heterocycles. The molecule has 2 aromatic rings. The Balaban J connectivity index is 2.00. The predicted molar refractivity (Wildman–Crippen MR) is 103 cm³/mol. The van der Waals surface area contributed by atoms with Crippen LogP contribution in [0.15, 0.2) is 42.5 Å². The van der Waals surface area contributed by atoms with E-state index in [0.29, 0.717) is 5.56 Å². The molecular formula is C19H19F3N2O6S. The van der Waals surface area contributed by atoms with Crippen molar-refractivity contribution in [3.8, 4) is 5.75 Å². The lowest BCUT2D eigenvalue weighted by Gasteiger charge is -2.18. The van der Waals surface area contributed by atoms with Gasteiger partial charge in [-0.25, -0.2) is 4.98 Å². The number of pyridine rings is 1. The van der Waals surface area contributed by atoms with E-state index in [1.807, 2.05) is 0 Å². The van der Waals surface area contributed by atoms with Crippen LogP contribution in [-0.4, -0.2) is 57.8 Å². The Morgan fingerprint density at radius 3 is 2.32 bits per heavy atom. The van der Waals surface area contributed by atoms with Crippen molar-refractivity contribution in [1.82, 2.24) is 4.98 Å². The fourth-order valence-electron chi connectivity index (χ4n) is 3.12. The molecule has 0 radical (unpaired) electrons. The van der Waals surface area contributed by atoms with Crippen molar-refractivity contribution in [3.05, 3.63) is 53.7 Å². The standard InChI is InChI=1S/C19H19F3N2O6S/c1-28-15-11-24(18(25)17(15)29-2)16-9-8-14(30-31(26,27)19(20,21)22)13(23-16)10-12-6-4-3-5-7-12/h3-9,15,17H,10-11H2,1-2H3. The lowest BCUT2D eigenvalue weighted by molar-refractivity contribution is -0.129. The molecule has 0 saturated carbocycles. The molecule has 1 amide bonds. The van der Waals surface area contributed by atoms with Crippen LogP contribution in [0.5, 0.6) is 5.75 Å². The van der Waals surface area contributed by atoms with Crippen molar-refractivity contribution in [3.63, 3.8) is 0 Å². The van der Waals surface area contributed by atoms with Crippen LogP contribution in [0.3, 0.4) is 0 Å². The van der Waals surface area contributed by atoms with Gasteiger partial charge in [0.05, 0.1) is 12.2 Å². The lowest BCUT2D eigenvalue weighted by atomic mass is 10.1. The summed E-state index contributed by atoms with van der Waals surface area (Å²) in [6.07, 6.45) is -1.47. The van der Waals surface area contributed by atoms with Crippen LogP contribution in [0.25, 0.3) is 0 Å². The van der Waals surface area contributed by atoms with Gasteiger partial charge in [0.25, 0.3) is 5.91 Å². The molecule has 3 rings (SSSR count). The first-order chi connectivity index (χ1) is 14.6. The first kappa shape index (κ1) is 23.0. The molecular weight excluding hydrogens is 441 g/mol. The molecule has 0 bridgehead atoms. The summed E-state index contributed by atoms with van der Waals surface area (Å²) in [4.78, 5) is 18.1. The first-order valence-corrected chi connectivity index (χ1v) is 10.4. The summed E-state index contributed by atoms with van der Waals surface area (Å²) in [6, 6.07) is 10.8. The smallest absolute Gasteiger partial charge is 0.376 e. The average Bonchev–Trinajstić information content (AvgIpc) is 3.04. The number of alkyl halides is 3. The van der Waals surface area contributed by atoms with Gasteiger partial charge in [0, 0.05) is 20.6 Å². The van der Waals surface area contributed by atoms with Gasteiger partial charge < -0.3 is 13.7 Å². The molecule has 1 saturated heterocycles. The highest BCUT2D eigenvalue weighted by Crippen LogP contribution is 2.32. The average molecular weight is 460 g/mol. The Kier molecular flexibility index (Phi) is 6.53. The monoisotopic (exact) mass is 460 g/mol. The Morgan fingerprint density at radius 1 is 1.10 bits per heavy atom. The van der Waals surface area contributed by atoms with E-state index in [-0.39, 0.29) is 24.5 Å². The number of amides is 1. The third kappa shape index (κ3) is 4.81. The van der Waals surface area contributed by atoms with Crippen LogP contribution >= 0.6 is 0 Å². The molecule has 31 heavy (non-hydrogen) atoms. The summed E-state index contributed by atoms with van der Waals surface area (Å²) in [5, 5.41) is 0. The molecule has 1 fully saturated rings. The minimum atomic E-state index is -5.89. The largest absolute Gasteiger partial charge is 0.534 e. The summed E-state index contributed by atoms with van der Waals surface area (Å²) in [5.74, 6) is -0.915. The van der Waals surface area contributed by atoms with Gasteiger partial charge in [-0.05, 0) is 17.7 Å². The normalized spacial score (nSPS) is 19.6. The number of ether oxygens (including phenoxy) is 2. The van der Waals surface area contributed by atoms with Crippen LogP contribution in [0, 0.1) is 0 Å². The molecule has 8 nitrogen and oxygen atoms in total. The zero-order valence-electron chi connectivity index (χ0n) is 16.5. The van der Waals surface area contributed by atoms with E-state index in [0.717, 1.165) is 6.07 Å². The Labute approximate surface area is 176 Å². The summed E-state index contributed by atoms with van der Waals surface area (Å²) >= 11 is 0. The summed E-state index contributed by atoms with van der Waals surface area (Å²) < 4.78 is 76.2. The second-order valence-corrected chi connectivity index (χ2v) is 8.18. The van der Waals surface area contributed by atoms with Crippen molar-refractivity contribution in [1.29, 1.82) is 0 Å². The molecule has 1 aromatic carbocycles. The lowest BCUT2D eigenvalue weighted by Crippen LogP contribution is -2.32. The second kappa shape index (κ2) is 8.81. The van der Waals surface area contributed by atoms with Gasteiger partial charge in [-0.15, -0.1) is 0 Å². The van der Waals surface area contributed by atoms with Gasteiger partial charge in [-0.3, -0.25) is 9.69 Å². The summed E-state index contributed by atoms with van der Waals surface area (Å²) in [5.41, 5.74) is -5.03. The highest BCUT2D eigenvalue weighted by Gasteiger charge is 2.49. The SMILES string of the molecule is COC1CN(c2ccc(OS(=O)(=O)C(F)(F)F)c(Cc3ccccc3)n2)C(=O)C1OC. The first-order valence-electron chi connectivity index (χ1n) is 8.99. The Morgan fingerprint density at radius 2 is 1.77 bits per heavy atom. The minimum absolute atomic E-state index is 0.0270. The number of hydrogen-bond donors (Lipinski definition) is 0. The number of hydrogen-bond acceptors (Lipinski definition) is 7. The number of anilines is 1. The fourth-order valence-corrected chi connectivity index (χ4v) is 3.60. The van der Waals surface area contributed by atoms with E-state index >= 15 is 0 Å². The third-order valence-electron chi connectivity index (χ3n) is 4.66. The number of nitrogens with zero attached hydrogens (tertiary/aromatic N) is 2. The van der Waals surface area contributed by atoms with Crippen molar-refractivity contribution in [2.45, 2.75) is 24.1 Å². The third-order valence-corrected chi connectivity index (χ3v) is 5.62. The van der Waals surface area contributed by atoms with Crippen molar-refractivity contribution >= 4 is 21.8 Å². The van der Waals surface area contributed by atoms with Gasteiger partial charge in [0.2, 0.25) is 0 Å². The van der Waals surface area contributed by atoms with E-state index in [2.05, 4.69) is 9.17 Å². The molecule has 2 atom stereocenters. The van der Waals surface area contributed by atoms with Crippen molar-refractivity contribution < 1.29 is 40.0 Å². The van der Waals surface area contributed by atoms with Gasteiger partial charge in [0.1, 0.15) is 11.9 Å². The molecule has 0 spiro atoms.